The van der Waals surface area contributed by atoms with Crippen LogP contribution in [0, 0.1) is 0 Å². The summed E-state index contributed by atoms with van der Waals surface area (Å²) in [4.78, 5) is 11.6. The van der Waals surface area contributed by atoms with E-state index in [0.29, 0.717) is 10.0 Å². The first-order chi connectivity index (χ1) is 9.97. The Kier molecular flexibility index (Phi) is 4.85. The number of carbonyl (C=O) groups is 1. The van der Waals surface area contributed by atoms with Crippen molar-refractivity contribution < 1.29 is 9.90 Å². The van der Waals surface area contributed by atoms with Gasteiger partial charge in [0.2, 0.25) is 5.95 Å². The van der Waals surface area contributed by atoms with E-state index in [2.05, 4.69) is 57.9 Å². The molecule has 1 heterocycles. The Labute approximate surface area is 135 Å². The molecule has 11 heteroatoms. The molecule has 0 aliphatic rings. The van der Waals surface area contributed by atoms with E-state index >= 15 is 0 Å². The Bertz CT molecular complexity index is 701. The second-order valence-corrected chi connectivity index (χ2v) is 5.58. The van der Waals surface area contributed by atoms with Crippen molar-refractivity contribution in [3.8, 4) is 5.75 Å². The predicted molar refractivity (Wildman–Crippen MR) is 81.5 cm³/mol. The van der Waals surface area contributed by atoms with Gasteiger partial charge in [-0.25, -0.2) is 10.1 Å². The van der Waals surface area contributed by atoms with Gasteiger partial charge in [0.25, 0.3) is 5.91 Å². The van der Waals surface area contributed by atoms with E-state index in [1.54, 1.807) is 12.1 Å². The monoisotopic (exact) mass is 417 g/mol. The predicted octanol–water partition coefficient (Wildman–Crippen LogP) is 0.636. The molecule has 0 atom stereocenters. The molecule has 1 amide bonds. The van der Waals surface area contributed by atoms with E-state index in [9.17, 15) is 9.90 Å². The third kappa shape index (κ3) is 3.98. The van der Waals surface area contributed by atoms with Crippen LogP contribution in [0.2, 0.25) is 0 Å². The highest BCUT2D eigenvalue weighted by molar-refractivity contribution is 9.11. The van der Waals surface area contributed by atoms with Crippen molar-refractivity contribution in [3.05, 3.63) is 26.6 Å². The average Bonchev–Trinajstić information content (AvgIpc) is 2.80. The number of rotatable bonds is 4. The summed E-state index contributed by atoms with van der Waals surface area (Å²) in [6.45, 7) is -0.162. The topological polar surface area (TPSA) is 131 Å². The molecule has 110 valence electrons. The standard InChI is InChI=1S/C10H9Br2N7O2/c11-6-1-5(9(21)7(12)2-6)3-14-15-8(20)4-19-10(13)16-17-18-19/h1-3,21H,4H2,(H,15,20)(H2,13,16,18)/b14-3+. The molecule has 4 N–H and O–H groups in total. The summed E-state index contributed by atoms with van der Waals surface area (Å²) in [5.74, 6) is -0.414. The van der Waals surface area contributed by atoms with Crippen LogP contribution in [0.1, 0.15) is 5.56 Å². The maximum atomic E-state index is 11.6. The van der Waals surface area contributed by atoms with Crippen molar-refractivity contribution in [2.75, 3.05) is 5.73 Å². The molecule has 2 aromatic rings. The van der Waals surface area contributed by atoms with Gasteiger partial charge in [0.1, 0.15) is 12.3 Å². The number of nitrogens with zero attached hydrogens (tertiary/aromatic N) is 5. The number of tetrazole rings is 1. The van der Waals surface area contributed by atoms with Crippen LogP contribution in [0.3, 0.4) is 0 Å². The van der Waals surface area contributed by atoms with Crippen LogP contribution in [0.4, 0.5) is 5.95 Å². The maximum absolute atomic E-state index is 11.6. The van der Waals surface area contributed by atoms with Crippen LogP contribution in [-0.4, -0.2) is 37.4 Å². The molecular formula is C10H9Br2N7O2. The summed E-state index contributed by atoms with van der Waals surface area (Å²) in [7, 11) is 0. The third-order valence-electron chi connectivity index (χ3n) is 2.30. The quantitative estimate of drug-likeness (QED) is 0.493. The zero-order valence-electron chi connectivity index (χ0n) is 10.4. The molecule has 0 unspecified atom stereocenters. The Morgan fingerprint density at radius 1 is 1.52 bits per heavy atom. The number of nitrogens with two attached hydrogens (primary N) is 1. The fourth-order valence-electron chi connectivity index (χ4n) is 1.35. The number of anilines is 1. The number of hydrogen-bond acceptors (Lipinski definition) is 7. The highest BCUT2D eigenvalue weighted by Gasteiger charge is 2.08. The molecule has 0 saturated carbocycles. The van der Waals surface area contributed by atoms with Crippen LogP contribution in [0.5, 0.6) is 5.75 Å². The normalized spacial score (nSPS) is 11.0. The Hall–Kier alpha value is -2.01. The van der Waals surface area contributed by atoms with Gasteiger partial charge in [-0.3, -0.25) is 4.79 Å². The zero-order chi connectivity index (χ0) is 15.4. The number of nitrogens with one attached hydrogen (secondary N) is 1. The zero-order valence-corrected chi connectivity index (χ0v) is 13.5. The van der Waals surface area contributed by atoms with E-state index in [4.69, 9.17) is 5.73 Å². The molecule has 21 heavy (non-hydrogen) atoms. The molecule has 0 radical (unpaired) electrons. The molecule has 0 fully saturated rings. The molecule has 1 aromatic heterocycles. The average molecular weight is 419 g/mol. The summed E-state index contributed by atoms with van der Waals surface area (Å²) in [6.07, 6.45) is 1.31. The summed E-state index contributed by atoms with van der Waals surface area (Å²) in [5, 5.41) is 23.8. The minimum absolute atomic E-state index is 0.0147. The lowest BCUT2D eigenvalue weighted by molar-refractivity contribution is -0.121. The molecule has 1 aromatic carbocycles. The molecule has 0 saturated heterocycles. The van der Waals surface area contributed by atoms with Gasteiger partial charge in [-0.15, -0.1) is 0 Å². The second-order valence-electron chi connectivity index (χ2n) is 3.81. The number of amides is 1. The molecule has 0 spiro atoms. The Balaban J connectivity index is 1.99. The van der Waals surface area contributed by atoms with Crippen molar-refractivity contribution in [3.63, 3.8) is 0 Å². The fourth-order valence-corrected chi connectivity index (χ4v) is 2.61. The molecule has 0 aliphatic heterocycles. The number of aromatic hydroxyl groups is 1. The number of aromatic nitrogens is 4. The molecule has 9 nitrogen and oxygen atoms in total. The van der Waals surface area contributed by atoms with E-state index in [-0.39, 0.29) is 18.2 Å². The van der Waals surface area contributed by atoms with Crippen LogP contribution in [0.25, 0.3) is 0 Å². The number of nitrogen functional groups attached to an aromatic ring is 1. The highest BCUT2D eigenvalue weighted by Crippen LogP contribution is 2.30. The van der Waals surface area contributed by atoms with Crippen LogP contribution < -0.4 is 11.2 Å². The van der Waals surface area contributed by atoms with E-state index in [1.807, 2.05) is 0 Å². The van der Waals surface area contributed by atoms with Gasteiger partial charge in [0.05, 0.1) is 10.7 Å². The number of hydrogen-bond donors (Lipinski definition) is 3. The Morgan fingerprint density at radius 3 is 2.95 bits per heavy atom. The van der Waals surface area contributed by atoms with Crippen molar-refractivity contribution in [1.29, 1.82) is 0 Å². The van der Waals surface area contributed by atoms with Gasteiger partial charge in [-0.1, -0.05) is 21.0 Å². The molecule has 0 bridgehead atoms. The second kappa shape index (κ2) is 6.63. The summed E-state index contributed by atoms with van der Waals surface area (Å²) >= 11 is 6.48. The van der Waals surface area contributed by atoms with Crippen molar-refractivity contribution in [2.24, 2.45) is 5.10 Å². The van der Waals surface area contributed by atoms with E-state index in [1.165, 1.54) is 6.21 Å². The van der Waals surface area contributed by atoms with Gasteiger partial charge >= 0.3 is 0 Å². The largest absolute Gasteiger partial charge is 0.506 e. The van der Waals surface area contributed by atoms with Gasteiger partial charge < -0.3 is 10.8 Å². The first-order valence-electron chi connectivity index (χ1n) is 5.49. The van der Waals surface area contributed by atoms with Crippen molar-refractivity contribution in [2.45, 2.75) is 6.54 Å². The van der Waals surface area contributed by atoms with Crippen LogP contribution in [-0.2, 0) is 11.3 Å². The lowest BCUT2D eigenvalue weighted by Gasteiger charge is -2.03. The number of benzene rings is 1. The lowest BCUT2D eigenvalue weighted by atomic mass is 10.2. The third-order valence-corrected chi connectivity index (χ3v) is 3.37. The minimum atomic E-state index is -0.459. The van der Waals surface area contributed by atoms with Crippen LogP contribution >= 0.6 is 31.9 Å². The van der Waals surface area contributed by atoms with Gasteiger partial charge in [-0.05, 0) is 38.5 Å². The molecular weight excluding hydrogens is 410 g/mol. The molecule has 2 rings (SSSR count). The van der Waals surface area contributed by atoms with E-state index in [0.717, 1.165) is 9.15 Å². The summed E-state index contributed by atoms with van der Waals surface area (Å²) in [6, 6.07) is 3.33. The van der Waals surface area contributed by atoms with Crippen molar-refractivity contribution in [1.82, 2.24) is 25.6 Å². The Morgan fingerprint density at radius 2 is 2.29 bits per heavy atom. The SMILES string of the molecule is Nc1nnnn1CC(=O)N/N=C/c1cc(Br)cc(Br)c1O. The number of phenolic OH excluding ortho intramolecular Hbond substituents is 1. The first kappa shape index (κ1) is 15.4. The van der Waals surface area contributed by atoms with Gasteiger partial charge in [0, 0.05) is 10.0 Å². The van der Waals surface area contributed by atoms with Gasteiger partial charge in [-0.2, -0.15) is 5.10 Å². The summed E-state index contributed by atoms with van der Waals surface area (Å²) in [5.41, 5.74) is 8.14. The van der Waals surface area contributed by atoms with Gasteiger partial charge in [0.15, 0.2) is 0 Å². The number of halogens is 2. The number of carbonyl (C=O) groups excluding carboxylic acids is 1. The van der Waals surface area contributed by atoms with Crippen molar-refractivity contribution >= 4 is 49.9 Å². The molecule has 0 aliphatic carbocycles. The maximum Gasteiger partial charge on any atom is 0.261 e. The fraction of sp³-hybridized carbons (Fsp3) is 0.100. The smallest absolute Gasteiger partial charge is 0.261 e. The summed E-state index contributed by atoms with van der Waals surface area (Å²) < 4.78 is 2.38. The lowest BCUT2D eigenvalue weighted by Crippen LogP contribution is -2.24. The van der Waals surface area contributed by atoms with Crippen LogP contribution in [0.15, 0.2) is 26.2 Å². The highest BCUT2D eigenvalue weighted by atomic mass is 79.9. The first-order valence-corrected chi connectivity index (χ1v) is 7.07. The minimum Gasteiger partial charge on any atom is -0.506 e. The number of phenols is 1. The van der Waals surface area contributed by atoms with E-state index < -0.39 is 5.91 Å². The number of hydrazone groups is 1.